The number of ether oxygens (including phenoxy) is 2. The predicted octanol–water partition coefficient (Wildman–Crippen LogP) is 3.50. The normalized spacial score (nSPS) is 11.6. The lowest BCUT2D eigenvalue weighted by Crippen LogP contribution is -2.39. The third-order valence-electron chi connectivity index (χ3n) is 3.70. The maximum atomic E-state index is 5.62. The number of pyridine rings is 1. The van der Waals surface area contributed by atoms with Crippen molar-refractivity contribution in [2.24, 2.45) is 0 Å². The van der Waals surface area contributed by atoms with Gasteiger partial charge in [0.2, 0.25) is 0 Å². The Morgan fingerprint density at radius 2 is 2.08 bits per heavy atom. The maximum absolute atomic E-state index is 5.62. The van der Waals surface area contributed by atoms with Gasteiger partial charge in [-0.3, -0.25) is 4.98 Å². The van der Waals surface area contributed by atoms with Crippen molar-refractivity contribution in [3.8, 4) is 5.75 Å². The average molecular weight is 345 g/mol. The van der Waals surface area contributed by atoms with Crippen molar-refractivity contribution in [3.05, 3.63) is 54.4 Å². The second-order valence-corrected chi connectivity index (χ2v) is 5.67. The lowest BCUT2D eigenvalue weighted by atomic mass is 10.2. The zero-order chi connectivity index (χ0) is 17.4. The number of hydrogen-bond acceptors (Lipinski definition) is 4. The van der Waals surface area contributed by atoms with E-state index in [9.17, 15) is 0 Å². The molecule has 0 aliphatic rings. The van der Waals surface area contributed by atoms with Gasteiger partial charge < -0.3 is 19.7 Å². The monoisotopic (exact) mass is 345 g/mol. The van der Waals surface area contributed by atoms with Crippen molar-refractivity contribution in [2.45, 2.75) is 13.0 Å². The van der Waals surface area contributed by atoms with Crippen LogP contribution < -0.4 is 10.1 Å². The third kappa shape index (κ3) is 4.91. The van der Waals surface area contributed by atoms with Crippen molar-refractivity contribution in [1.82, 2.24) is 9.88 Å². The third-order valence-corrected chi connectivity index (χ3v) is 4.04. The summed E-state index contributed by atoms with van der Waals surface area (Å²) in [5.74, 6) is 0.781. The molecule has 1 aromatic carbocycles. The van der Waals surface area contributed by atoms with Gasteiger partial charge in [0.25, 0.3) is 0 Å². The van der Waals surface area contributed by atoms with Crippen LogP contribution in [0.1, 0.15) is 18.7 Å². The van der Waals surface area contributed by atoms with Crippen molar-refractivity contribution in [2.75, 3.05) is 32.7 Å². The van der Waals surface area contributed by atoms with Crippen LogP contribution in [0.2, 0.25) is 0 Å². The maximum Gasteiger partial charge on any atom is 0.174 e. The van der Waals surface area contributed by atoms with Gasteiger partial charge in [-0.2, -0.15) is 0 Å². The van der Waals surface area contributed by atoms with E-state index < -0.39 is 0 Å². The molecule has 1 unspecified atom stereocenters. The predicted molar refractivity (Wildman–Crippen MR) is 100 cm³/mol. The van der Waals surface area contributed by atoms with Gasteiger partial charge >= 0.3 is 0 Å². The molecule has 0 fully saturated rings. The second kappa shape index (κ2) is 9.20. The van der Waals surface area contributed by atoms with E-state index in [0.717, 1.165) is 17.1 Å². The van der Waals surface area contributed by atoms with Crippen LogP contribution >= 0.6 is 12.2 Å². The second-order valence-electron chi connectivity index (χ2n) is 5.28. The SMILES string of the molecule is COCCN(C(=S)Nc1cccc(OC)c1)C(C)c1ccccn1. The number of nitrogens with zero attached hydrogens (tertiary/aromatic N) is 2. The minimum Gasteiger partial charge on any atom is -0.497 e. The van der Waals surface area contributed by atoms with E-state index in [1.165, 1.54) is 0 Å². The van der Waals surface area contributed by atoms with Crippen LogP contribution in [-0.4, -0.2) is 42.4 Å². The molecule has 2 aromatic rings. The Morgan fingerprint density at radius 1 is 1.25 bits per heavy atom. The summed E-state index contributed by atoms with van der Waals surface area (Å²) >= 11 is 5.62. The summed E-state index contributed by atoms with van der Waals surface area (Å²) < 4.78 is 10.5. The molecule has 1 N–H and O–H groups in total. The van der Waals surface area contributed by atoms with E-state index in [0.29, 0.717) is 18.3 Å². The molecule has 0 saturated carbocycles. The van der Waals surface area contributed by atoms with E-state index in [4.69, 9.17) is 21.7 Å². The topological polar surface area (TPSA) is 46.6 Å². The van der Waals surface area contributed by atoms with E-state index in [1.54, 1.807) is 20.4 Å². The first-order valence-electron chi connectivity index (χ1n) is 7.77. The number of aromatic nitrogens is 1. The molecule has 0 radical (unpaired) electrons. The molecule has 1 heterocycles. The molecule has 0 aliphatic heterocycles. The van der Waals surface area contributed by atoms with Crippen LogP contribution in [0.3, 0.4) is 0 Å². The van der Waals surface area contributed by atoms with E-state index in [1.807, 2.05) is 42.5 Å². The molecule has 0 amide bonds. The molecule has 0 bridgehead atoms. The highest BCUT2D eigenvalue weighted by Crippen LogP contribution is 2.21. The summed E-state index contributed by atoms with van der Waals surface area (Å²) in [5.41, 5.74) is 1.85. The summed E-state index contributed by atoms with van der Waals surface area (Å²) in [5, 5.41) is 3.89. The van der Waals surface area contributed by atoms with Crippen molar-refractivity contribution < 1.29 is 9.47 Å². The number of thiocarbonyl (C=S) groups is 1. The Balaban J connectivity index is 2.15. The Kier molecular flexibility index (Phi) is 6.96. The highest BCUT2D eigenvalue weighted by atomic mass is 32.1. The number of rotatable bonds is 7. The smallest absolute Gasteiger partial charge is 0.174 e. The summed E-state index contributed by atoms with van der Waals surface area (Å²) in [7, 11) is 3.33. The Labute approximate surface area is 148 Å². The highest BCUT2D eigenvalue weighted by molar-refractivity contribution is 7.80. The Morgan fingerprint density at radius 3 is 2.75 bits per heavy atom. The van der Waals surface area contributed by atoms with Crippen molar-refractivity contribution in [3.63, 3.8) is 0 Å². The molecular formula is C18H23N3O2S. The van der Waals surface area contributed by atoms with Gasteiger partial charge in [0, 0.05) is 31.6 Å². The average Bonchev–Trinajstić information content (AvgIpc) is 2.62. The molecule has 1 atom stereocenters. The fraction of sp³-hybridized carbons (Fsp3) is 0.333. The van der Waals surface area contributed by atoms with E-state index in [2.05, 4.69) is 22.1 Å². The first kappa shape index (κ1) is 18.2. The fourth-order valence-corrected chi connectivity index (χ4v) is 2.71. The number of hydrogen-bond donors (Lipinski definition) is 1. The van der Waals surface area contributed by atoms with Gasteiger partial charge in [-0.05, 0) is 43.4 Å². The van der Waals surface area contributed by atoms with Crippen LogP contribution in [0.5, 0.6) is 5.75 Å². The highest BCUT2D eigenvalue weighted by Gasteiger charge is 2.19. The largest absolute Gasteiger partial charge is 0.497 e. The van der Waals surface area contributed by atoms with E-state index in [-0.39, 0.29) is 6.04 Å². The standard InChI is InChI=1S/C18H23N3O2S/c1-14(17-9-4-5-10-19-17)21(11-12-22-2)18(24)20-15-7-6-8-16(13-15)23-3/h4-10,13-14H,11-12H2,1-3H3,(H,20,24). The first-order valence-corrected chi connectivity index (χ1v) is 8.18. The first-order chi connectivity index (χ1) is 11.7. The molecular weight excluding hydrogens is 322 g/mol. The number of methoxy groups -OCH3 is 2. The zero-order valence-corrected chi connectivity index (χ0v) is 15.0. The zero-order valence-electron chi connectivity index (χ0n) is 14.2. The minimum absolute atomic E-state index is 0.0342. The van der Waals surface area contributed by atoms with Crippen LogP contribution in [0.15, 0.2) is 48.7 Å². The summed E-state index contributed by atoms with van der Waals surface area (Å²) in [4.78, 5) is 6.50. The summed E-state index contributed by atoms with van der Waals surface area (Å²) in [6.45, 7) is 3.33. The van der Waals surface area contributed by atoms with Crippen LogP contribution in [-0.2, 0) is 4.74 Å². The van der Waals surface area contributed by atoms with Gasteiger partial charge in [0.05, 0.1) is 25.5 Å². The van der Waals surface area contributed by atoms with Crippen LogP contribution in [0, 0.1) is 0 Å². The van der Waals surface area contributed by atoms with Gasteiger partial charge in [-0.1, -0.05) is 12.1 Å². The molecule has 0 aliphatic carbocycles. The number of anilines is 1. The molecule has 5 nitrogen and oxygen atoms in total. The molecule has 6 heteroatoms. The number of nitrogens with one attached hydrogen (secondary N) is 1. The lowest BCUT2D eigenvalue weighted by molar-refractivity contribution is 0.164. The van der Waals surface area contributed by atoms with Gasteiger partial charge in [0.15, 0.2) is 5.11 Å². The van der Waals surface area contributed by atoms with Crippen LogP contribution in [0.25, 0.3) is 0 Å². The fourth-order valence-electron chi connectivity index (χ4n) is 2.34. The van der Waals surface area contributed by atoms with Gasteiger partial charge in [0.1, 0.15) is 5.75 Å². The minimum atomic E-state index is 0.0342. The molecule has 0 saturated heterocycles. The molecule has 1 aromatic heterocycles. The molecule has 128 valence electrons. The number of benzene rings is 1. The van der Waals surface area contributed by atoms with Crippen LogP contribution in [0.4, 0.5) is 5.69 Å². The van der Waals surface area contributed by atoms with Gasteiger partial charge in [-0.25, -0.2) is 0 Å². The lowest BCUT2D eigenvalue weighted by Gasteiger charge is -2.31. The molecule has 2 rings (SSSR count). The summed E-state index contributed by atoms with van der Waals surface area (Å²) in [6.07, 6.45) is 1.79. The van der Waals surface area contributed by atoms with E-state index >= 15 is 0 Å². The Hall–Kier alpha value is -2.18. The quantitative estimate of drug-likeness (QED) is 0.775. The van der Waals surface area contributed by atoms with Crippen molar-refractivity contribution >= 4 is 23.0 Å². The summed E-state index contributed by atoms with van der Waals surface area (Å²) in [6, 6.07) is 13.6. The van der Waals surface area contributed by atoms with Gasteiger partial charge in [-0.15, -0.1) is 0 Å². The van der Waals surface area contributed by atoms with Crippen molar-refractivity contribution in [1.29, 1.82) is 0 Å². The Bertz CT molecular complexity index is 652. The molecule has 0 spiro atoms. The molecule has 24 heavy (non-hydrogen) atoms.